The maximum atomic E-state index is 14.3. The van der Waals surface area contributed by atoms with Crippen LogP contribution in [0.15, 0.2) is 39.3 Å². The fourth-order valence-electron chi connectivity index (χ4n) is 1.75. The minimum Gasteiger partial charge on any atom is -0.389 e. The van der Waals surface area contributed by atoms with Crippen LogP contribution in [0, 0.1) is 12.7 Å². The van der Waals surface area contributed by atoms with Gasteiger partial charge in [0.2, 0.25) is 0 Å². The Morgan fingerprint density at radius 3 is 2.45 bits per heavy atom. The molecule has 0 bridgehead atoms. The van der Waals surface area contributed by atoms with Crippen LogP contribution in [-0.4, -0.2) is 4.99 Å². The molecule has 2 rings (SSSR count). The van der Waals surface area contributed by atoms with E-state index in [0.717, 1.165) is 15.7 Å². The molecule has 0 spiro atoms. The summed E-state index contributed by atoms with van der Waals surface area (Å²) < 4.78 is 15.5. The Hall–Kier alpha value is -0.980. The van der Waals surface area contributed by atoms with Crippen LogP contribution in [0.25, 0.3) is 0 Å². The molecule has 2 nitrogen and oxygen atoms in total. The van der Waals surface area contributed by atoms with E-state index in [1.807, 2.05) is 25.1 Å². The topological polar surface area (TPSA) is 38.0 Å². The van der Waals surface area contributed by atoms with Gasteiger partial charge in [-0.05, 0) is 58.7 Å². The third kappa shape index (κ3) is 3.19. The van der Waals surface area contributed by atoms with Crippen LogP contribution < -0.4 is 11.1 Å². The van der Waals surface area contributed by atoms with Gasteiger partial charge in [0, 0.05) is 15.7 Å². The number of anilines is 2. The minimum absolute atomic E-state index is 0.155. The maximum Gasteiger partial charge on any atom is 0.161 e. The van der Waals surface area contributed by atoms with Gasteiger partial charge < -0.3 is 11.1 Å². The van der Waals surface area contributed by atoms with E-state index in [9.17, 15) is 4.39 Å². The van der Waals surface area contributed by atoms with Crippen LogP contribution >= 0.6 is 44.1 Å². The largest absolute Gasteiger partial charge is 0.389 e. The van der Waals surface area contributed by atoms with Crippen LogP contribution in [0.1, 0.15) is 11.1 Å². The zero-order chi connectivity index (χ0) is 14.9. The zero-order valence-corrected chi connectivity index (χ0v) is 14.5. The van der Waals surface area contributed by atoms with Crippen molar-refractivity contribution in [3.8, 4) is 0 Å². The highest BCUT2D eigenvalue weighted by Gasteiger charge is 2.13. The quantitative estimate of drug-likeness (QED) is 0.687. The Balaban J connectivity index is 2.39. The molecule has 0 fully saturated rings. The molecule has 0 amide bonds. The Bertz CT molecular complexity index is 689. The first-order valence-corrected chi connectivity index (χ1v) is 7.70. The smallest absolute Gasteiger partial charge is 0.161 e. The van der Waals surface area contributed by atoms with Gasteiger partial charge >= 0.3 is 0 Å². The lowest BCUT2D eigenvalue weighted by Gasteiger charge is -2.13. The molecule has 3 N–H and O–H groups in total. The number of aryl methyl sites for hydroxylation is 1. The fraction of sp³-hybridized carbons (Fsp3) is 0.0714. The van der Waals surface area contributed by atoms with Crippen LogP contribution in [0.2, 0.25) is 0 Å². The summed E-state index contributed by atoms with van der Waals surface area (Å²) in [6.07, 6.45) is 0. The van der Waals surface area contributed by atoms with E-state index >= 15 is 0 Å². The first kappa shape index (κ1) is 15.4. The van der Waals surface area contributed by atoms with Crippen LogP contribution in [0.3, 0.4) is 0 Å². The van der Waals surface area contributed by atoms with Crippen molar-refractivity contribution >= 4 is 60.4 Å². The summed E-state index contributed by atoms with van der Waals surface area (Å²) in [5, 5.41) is 3.06. The number of rotatable bonds is 3. The Morgan fingerprint density at radius 2 is 1.85 bits per heavy atom. The normalized spacial score (nSPS) is 10.4. The highest BCUT2D eigenvalue weighted by Crippen LogP contribution is 2.30. The Labute approximate surface area is 138 Å². The summed E-state index contributed by atoms with van der Waals surface area (Å²) in [5.41, 5.74) is 8.22. The van der Waals surface area contributed by atoms with Crippen molar-refractivity contribution in [1.82, 2.24) is 0 Å². The van der Waals surface area contributed by atoms with Crippen molar-refractivity contribution in [2.75, 3.05) is 5.32 Å². The molecule has 0 aliphatic rings. The number of nitrogens with one attached hydrogen (secondary N) is 1. The lowest BCUT2D eigenvalue weighted by atomic mass is 10.1. The third-order valence-electron chi connectivity index (χ3n) is 2.81. The number of benzene rings is 2. The molecule has 0 aromatic heterocycles. The number of nitrogens with two attached hydrogens (primary N) is 1. The third-order valence-corrected chi connectivity index (χ3v) is 4.29. The molecule has 104 valence electrons. The molecule has 0 heterocycles. The van der Waals surface area contributed by atoms with Gasteiger partial charge in [-0.15, -0.1) is 0 Å². The summed E-state index contributed by atoms with van der Waals surface area (Å²) in [5.74, 6) is -0.419. The standard InChI is InChI=1S/C14H11Br2FN2S/c1-7-6-8(15)2-4-10(7)19-11-5-3-9(14(18)20)12(16)13(11)17/h2-6,19H,1H3,(H2,18,20). The molecule has 6 heteroatoms. The predicted octanol–water partition coefficient (Wildman–Crippen LogP) is 5.04. The van der Waals surface area contributed by atoms with Gasteiger partial charge in [0.1, 0.15) is 4.99 Å². The highest BCUT2D eigenvalue weighted by atomic mass is 79.9. The van der Waals surface area contributed by atoms with Gasteiger partial charge in [-0.25, -0.2) is 4.39 Å². The van der Waals surface area contributed by atoms with Gasteiger partial charge in [-0.1, -0.05) is 28.1 Å². The summed E-state index contributed by atoms with van der Waals surface area (Å²) in [7, 11) is 0. The molecule has 0 aliphatic heterocycles. The van der Waals surface area contributed by atoms with Crippen molar-refractivity contribution in [2.45, 2.75) is 6.92 Å². The van der Waals surface area contributed by atoms with E-state index in [-0.39, 0.29) is 9.46 Å². The minimum atomic E-state index is -0.419. The summed E-state index contributed by atoms with van der Waals surface area (Å²) in [6, 6.07) is 9.04. The summed E-state index contributed by atoms with van der Waals surface area (Å²) >= 11 is 11.5. The first-order valence-electron chi connectivity index (χ1n) is 5.71. The second-order valence-corrected chi connectivity index (χ2v) is 6.39. The van der Waals surface area contributed by atoms with Gasteiger partial charge in [0.05, 0.1) is 10.2 Å². The Kier molecular flexibility index (Phi) is 4.78. The van der Waals surface area contributed by atoms with E-state index in [4.69, 9.17) is 18.0 Å². The second-order valence-electron chi connectivity index (χ2n) is 4.24. The van der Waals surface area contributed by atoms with Gasteiger partial charge in [0.15, 0.2) is 5.82 Å². The van der Waals surface area contributed by atoms with Crippen molar-refractivity contribution in [1.29, 1.82) is 0 Å². The molecule has 0 aliphatic carbocycles. The average Bonchev–Trinajstić information content (AvgIpc) is 2.37. The molecule has 20 heavy (non-hydrogen) atoms. The monoisotopic (exact) mass is 416 g/mol. The van der Waals surface area contributed by atoms with Crippen LogP contribution in [0.4, 0.5) is 15.8 Å². The van der Waals surface area contributed by atoms with Crippen molar-refractivity contribution in [3.05, 3.63) is 56.2 Å². The fourth-order valence-corrected chi connectivity index (χ4v) is 3.08. The van der Waals surface area contributed by atoms with Crippen molar-refractivity contribution < 1.29 is 4.39 Å². The average molecular weight is 418 g/mol. The van der Waals surface area contributed by atoms with E-state index < -0.39 is 5.82 Å². The van der Waals surface area contributed by atoms with E-state index in [1.54, 1.807) is 12.1 Å². The summed E-state index contributed by atoms with van der Waals surface area (Å²) in [6.45, 7) is 1.95. The van der Waals surface area contributed by atoms with Crippen molar-refractivity contribution in [3.63, 3.8) is 0 Å². The van der Waals surface area contributed by atoms with E-state index in [1.165, 1.54) is 0 Å². The Morgan fingerprint density at radius 1 is 1.20 bits per heavy atom. The van der Waals surface area contributed by atoms with Crippen LogP contribution in [0.5, 0.6) is 0 Å². The molecule has 0 radical (unpaired) electrons. The lowest BCUT2D eigenvalue weighted by Crippen LogP contribution is -2.11. The summed E-state index contributed by atoms with van der Waals surface area (Å²) in [4.78, 5) is 0.155. The predicted molar refractivity (Wildman–Crippen MR) is 92.1 cm³/mol. The van der Waals surface area contributed by atoms with Gasteiger partial charge in [-0.3, -0.25) is 0 Å². The van der Waals surface area contributed by atoms with Crippen molar-refractivity contribution in [2.24, 2.45) is 5.73 Å². The molecule has 0 unspecified atom stereocenters. The molecule has 2 aromatic rings. The zero-order valence-electron chi connectivity index (χ0n) is 10.5. The van der Waals surface area contributed by atoms with Gasteiger partial charge in [-0.2, -0.15) is 0 Å². The maximum absolute atomic E-state index is 14.3. The lowest BCUT2D eigenvalue weighted by molar-refractivity contribution is 0.625. The molecule has 0 atom stereocenters. The van der Waals surface area contributed by atoms with Gasteiger partial charge in [0.25, 0.3) is 0 Å². The first-order chi connectivity index (χ1) is 9.40. The molecular formula is C14H11Br2FN2S. The van der Waals surface area contributed by atoms with E-state index in [0.29, 0.717) is 11.3 Å². The SMILES string of the molecule is Cc1cc(Br)ccc1Nc1ccc(C(N)=S)c(Br)c1F. The molecule has 0 saturated heterocycles. The number of thiocarbonyl (C=S) groups is 1. The number of halogens is 3. The number of hydrogen-bond donors (Lipinski definition) is 2. The molecular weight excluding hydrogens is 407 g/mol. The highest BCUT2D eigenvalue weighted by molar-refractivity contribution is 9.10. The molecule has 0 saturated carbocycles. The van der Waals surface area contributed by atoms with Crippen LogP contribution in [-0.2, 0) is 0 Å². The molecule has 2 aromatic carbocycles. The second kappa shape index (κ2) is 6.20. The number of hydrogen-bond acceptors (Lipinski definition) is 2. The van der Waals surface area contributed by atoms with E-state index in [2.05, 4.69) is 37.2 Å².